The Morgan fingerprint density at radius 3 is 2.79 bits per heavy atom. The molecular weight excluding hydrogens is 268 g/mol. The van der Waals surface area contributed by atoms with Crippen molar-refractivity contribution < 1.29 is 19.4 Å². The van der Waals surface area contributed by atoms with Gasteiger partial charge in [-0.1, -0.05) is 6.92 Å². The van der Waals surface area contributed by atoms with Crippen LogP contribution in [0.25, 0.3) is 0 Å². The maximum absolute atomic E-state index is 12.1. The van der Waals surface area contributed by atoms with Crippen LogP contribution >= 0.6 is 11.8 Å². The zero-order valence-corrected chi connectivity index (χ0v) is 12.2. The Hall–Kier alpha value is -0.790. The fourth-order valence-electron chi connectivity index (χ4n) is 2.05. The molecule has 0 bridgehead atoms. The lowest BCUT2D eigenvalue weighted by Crippen LogP contribution is -2.49. The summed E-state index contributed by atoms with van der Waals surface area (Å²) in [4.78, 5) is 23.2. The molecule has 3 atom stereocenters. The Balaban J connectivity index is 2.53. The van der Waals surface area contributed by atoms with E-state index in [-0.39, 0.29) is 17.9 Å². The van der Waals surface area contributed by atoms with Crippen LogP contribution in [0.15, 0.2) is 0 Å². The van der Waals surface area contributed by atoms with E-state index < -0.39 is 12.0 Å². The number of aliphatic carboxylic acids is 1. The number of likely N-dealkylation sites (N-methyl/N-ethyl adjacent to an activating group) is 1. The van der Waals surface area contributed by atoms with Crippen molar-refractivity contribution in [3.05, 3.63) is 0 Å². The summed E-state index contributed by atoms with van der Waals surface area (Å²) in [5.41, 5.74) is 0. The highest BCUT2D eigenvalue weighted by Gasteiger charge is 2.35. The zero-order valence-electron chi connectivity index (χ0n) is 11.3. The number of carbonyl (C=O) groups excluding carboxylic acids is 1. The zero-order chi connectivity index (χ0) is 14.3. The minimum absolute atomic E-state index is 0.0278. The van der Waals surface area contributed by atoms with Gasteiger partial charge in [0.1, 0.15) is 6.04 Å². The van der Waals surface area contributed by atoms with Crippen molar-refractivity contribution in [1.82, 2.24) is 10.6 Å². The molecule has 1 amide bonds. The summed E-state index contributed by atoms with van der Waals surface area (Å²) in [6.07, 6.45) is 2.34. The third kappa shape index (κ3) is 5.00. The average molecular weight is 290 g/mol. The summed E-state index contributed by atoms with van der Waals surface area (Å²) in [5.74, 6) is -0.830. The normalized spacial score (nSPS) is 24.1. The molecule has 0 aliphatic carbocycles. The summed E-state index contributed by atoms with van der Waals surface area (Å²) in [6, 6.07) is -0.845. The third-order valence-corrected chi connectivity index (χ3v) is 3.75. The minimum atomic E-state index is -0.985. The Morgan fingerprint density at radius 1 is 1.47 bits per heavy atom. The van der Waals surface area contributed by atoms with Crippen LogP contribution in [0.4, 0.5) is 0 Å². The maximum Gasteiger partial charge on any atom is 0.326 e. The number of amides is 1. The van der Waals surface area contributed by atoms with Crippen LogP contribution < -0.4 is 10.6 Å². The van der Waals surface area contributed by atoms with Gasteiger partial charge < -0.3 is 20.5 Å². The van der Waals surface area contributed by atoms with E-state index in [0.29, 0.717) is 25.4 Å². The van der Waals surface area contributed by atoms with Crippen LogP contribution in [-0.2, 0) is 14.3 Å². The molecule has 7 heteroatoms. The molecule has 3 N–H and O–H groups in total. The number of rotatable bonds is 8. The van der Waals surface area contributed by atoms with Crippen molar-refractivity contribution in [3.63, 3.8) is 0 Å². The van der Waals surface area contributed by atoms with Crippen molar-refractivity contribution in [3.8, 4) is 0 Å². The van der Waals surface area contributed by atoms with Crippen molar-refractivity contribution in [1.29, 1.82) is 0 Å². The summed E-state index contributed by atoms with van der Waals surface area (Å²) in [6.45, 7) is 3.56. The van der Waals surface area contributed by atoms with Gasteiger partial charge in [-0.15, -0.1) is 0 Å². The summed E-state index contributed by atoms with van der Waals surface area (Å²) in [7, 11) is 0. The first kappa shape index (κ1) is 16.3. The molecule has 1 fully saturated rings. The van der Waals surface area contributed by atoms with Gasteiger partial charge in [-0.05, 0) is 25.0 Å². The van der Waals surface area contributed by atoms with Gasteiger partial charge in [-0.25, -0.2) is 4.79 Å². The first-order valence-corrected chi connectivity index (χ1v) is 7.82. The molecule has 6 nitrogen and oxygen atoms in total. The molecule has 0 aromatic heterocycles. The molecule has 1 aliphatic rings. The first-order valence-electron chi connectivity index (χ1n) is 6.43. The van der Waals surface area contributed by atoms with Crippen molar-refractivity contribution >= 4 is 23.6 Å². The van der Waals surface area contributed by atoms with Gasteiger partial charge in [0.2, 0.25) is 5.91 Å². The topological polar surface area (TPSA) is 87.7 Å². The lowest BCUT2D eigenvalue weighted by molar-refractivity contribution is -0.142. The van der Waals surface area contributed by atoms with Crippen LogP contribution in [-0.4, -0.2) is 60.8 Å². The van der Waals surface area contributed by atoms with E-state index >= 15 is 0 Å². The van der Waals surface area contributed by atoms with Crippen LogP contribution in [0.2, 0.25) is 0 Å². The first-order chi connectivity index (χ1) is 9.10. The highest BCUT2D eigenvalue weighted by molar-refractivity contribution is 7.98. The van der Waals surface area contributed by atoms with Gasteiger partial charge in [0.05, 0.1) is 19.1 Å². The van der Waals surface area contributed by atoms with E-state index in [1.54, 1.807) is 11.8 Å². The number of hydrogen-bond acceptors (Lipinski definition) is 5. The quantitative estimate of drug-likeness (QED) is 0.580. The average Bonchev–Trinajstić information content (AvgIpc) is 2.82. The standard InChI is InChI=1S/C12H22N2O4S/c1-3-13-10-7-18-6-8(10)11(15)14-9(12(16)17)4-5-19-2/h8-10,13H,3-7H2,1-2H3,(H,14,15)(H,16,17)/t8?,9-,10?/m0/s1. The lowest BCUT2D eigenvalue weighted by atomic mass is 10.0. The second-order valence-electron chi connectivity index (χ2n) is 4.49. The number of thioether (sulfide) groups is 1. The van der Waals surface area contributed by atoms with Crippen molar-refractivity contribution in [2.45, 2.75) is 25.4 Å². The predicted molar refractivity (Wildman–Crippen MR) is 74.3 cm³/mol. The number of carboxylic acid groups (broad SMARTS) is 1. The van der Waals surface area contributed by atoms with Gasteiger partial charge in [-0.2, -0.15) is 11.8 Å². The molecule has 0 radical (unpaired) electrons. The van der Waals surface area contributed by atoms with Crippen LogP contribution in [0.3, 0.4) is 0 Å². The fraction of sp³-hybridized carbons (Fsp3) is 0.833. The Bertz CT molecular complexity index is 314. The monoisotopic (exact) mass is 290 g/mol. The molecule has 1 rings (SSSR count). The van der Waals surface area contributed by atoms with Gasteiger partial charge in [0.25, 0.3) is 0 Å². The fourth-order valence-corrected chi connectivity index (χ4v) is 2.52. The van der Waals surface area contributed by atoms with E-state index in [4.69, 9.17) is 9.84 Å². The Kier molecular flexibility index (Phi) is 7.19. The molecule has 0 spiro atoms. The Labute approximate surface area is 117 Å². The van der Waals surface area contributed by atoms with E-state index in [1.165, 1.54) is 0 Å². The third-order valence-electron chi connectivity index (χ3n) is 3.11. The maximum atomic E-state index is 12.1. The number of carboxylic acids is 1. The number of ether oxygens (including phenoxy) is 1. The van der Waals surface area contributed by atoms with Crippen molar-refractivity contribution in [2.75, 3.05) is 31.8 Å². The van der Waals surface area contributed by atoms with E-state index in [2.05, 4.69) is 10.6 Å². The molecule has 2 unspecified atom stereocenters. The van der Waals surface area contributed by atoms with E-state index in [1.807, 2.05) is 13.2 Å². The van der Waals surface area contributed by atoms with Crippen molar-refractivity contribution in [2.24, 2.45) is 5.92 Å². The predicted octanol–water partition coefficient (Wildman–Crippen LogP) is -0.0666. The number of nitrogens with one attached hydrogen (secondary N) is 2. The van der Waals surface area contributed by atoms with E-state index in [0.717, 1.165) is 6.54 Å². The van der Waals surface area contributed by atoms with Gasteiger partial charge in [0.15, 0.2) is 0 Å². The van der Waals surface area contributed by atoms with Crippen LogP contribution in [0.5, 0.6) is 0 Å². The van der Waals surface area contributed by atoms with Crippen LogP contribution in [0, 0.1) is 5.92 Å². The summed E-state index contributed by atoms with van der Waals surface area (Å²) in [5, 5.41) is 14.9. The van der Waals surface area contributed by atoms with Gasteiger partial charge in [-0.3, -0.25) is 4.79 Å². The molecular formula is C12H22N2O4S. The highest BCUT2D eigenvalue weighted by atomic mass is 32.2. The summed E-state index contributed by atoms with van der Waals surface area (Å²) >= 11 is 1.56. The van der Waals surface area contributed by atoms with Crippen LogP contribution in [0.1, 0.15) is 13.3 Å². The lowest BCUT2D eigenvalue weighted by Gasteiger charge is -2.20. The molecule has 0 aromatic carbocycles. The second-order valence-corrected chi connectivity index (χ2v) is 5.47. The minimum Gasteiger partial charge on any atom is -0.480 e. The van der Waals surface area contributed by atoms with Gasteiger partial charge >= 0.3 is 5.97 Å². The Morgan fingerprint density at radius 2 is 2.21 bits per heavy atom. The number of hydrogen-bond donors (Lipinski definition) is 3. The van der Waals surface area contributed by atoms with E-state index in [9.17, 15) is 9.59 Å². The summed E-state index contributed by atoms with van der Waals surface area (Å²) < 4.78 is 5.29. The molecule has 1 heterocycles. The SMILES string of the molecule is CCNC1COCC1C(=O)N[C@@H](CCSC)C(=O)O. The molecule has 1 aliphatic heterocycles. The molecule has 110 valence electrons. The molecule has 19 heavy (non-hydrogen) atoms. The smallest absolute Gasteiger partial charge is 0.326 e. The number of carbonyl (C=O) groups is 2. The molecule has 0 aromatic rings. The van der Waals surface area contributed by atoms with Gasteiger partial charge in [0, 0.05) is 6.04 Å². The molecule has 1 saturated heterocycles. The highest BCUT2D eigenvalue weighted by Crippen LogP contribution is 2.14. The molecule has 0 saturated carbocycles. The largest absolute Gasteiger partial charge is 0.480 e. The second kappa shape index (κ2) is 8.39.